The van der Waals surface area contributed by atoms with Crippen molar-refractivity contribution < 1.29 is 19.3 Å². The van der Waals surface area contributed by atoms with E-state index in [-0.39, 0.29) is 19.2 Å². The largest absolute Gasteiger partial charge is 0.493 e. The van der Waals surface area contributed by atoms with Crippen LogP contribution in [0.4, 0.5) is 0 Å². The topological polar surface area (TPSA) is 73.9 Å². The Bertz CT molecular complexity index is 491. The van der Waals surface area contributed by atoms with Crippen LogP contribution in [0.2, 0.25) is 0 Å². The third-order valence-corrected chi connectivity index (χ3v) is 4.32. The van der Waals surface area contributed by atoms with Gasteiger partial charge in [-0.1, -0.05) is 12.8 Å². The highest BCUT2D eigenvalue weighted by atomic mass is 35.5. The van der Waals surface area contributed by atoms with Crippen molar-refractivity contribution in [2.75, 3.05) is 13.9 Å². The Morgan fingerprint density at radius 3 is 2.67 bits per heavy atom. The van der Waals surface area contributed by atoms with E-state index in [1.807, 2.05) is 12.1 Å². The van der Waals surface area contributed by atoms with Crippen LogP contribution in [0, 0.1) is 5.92 Å². The Hall–Kier alpha value is -1.17. The fourth-order valence-corrected chi connectivity index (χ4v) is 3.13. The lowest BCUT2D eigenvalue weighted by Gasteiger charge is -2.25. The van der Waals surface area contributed by atoms with Gasteiger partial charge >= 0.3 is 0 Å². The maximum Gasteiger partial charge on any atom is 0.231 e. The van der Waals surface area contributed by atoms with E-state index < -0.39 is 12.1 Å². The average Bonchev–Trinajstić information content (AvgIpc) is 3.15. The molecule has 21 heavy (non-hydrogen) atoms. The van der Waals surface area contributed by atoms with E-state index >= 15 is 0 Å². The van der Waals surface area contributed by atoms with Crippen molar-refractivity contribution in [3.8, 4) is 17.2 Å². The van der Waals surface area contributed by atoms with Crippen LogP contribution in [-0.4, -0.2) is 25.1 Å². The van der Waals surface area contributed by atoms with Crippen LogP contribution in [0.25, 0.3) is 0 Å². The Kier molecular flexibility index (Phi) is 5.19. The van der Waals surface area contributed by atoms with E-state index in [1.54, 1.807) is 7.11 Å². The van der Waals surface area contributed by atoms with E-state index in [4.69, 9.17) is 19.9 Å². The van der Waals surface area contributed by atoms with Crippen molar-refractivity contribution in [1.29, 1.82) is 0 Å². The van der Waals surface area contributed by atoms with Gasteiger partial charge in [-0.3, -0.25) is 0 Å². The number of fused-ring (bicyclic) bond motifs is 1. The highest BCUT2D eigenvalue weighted by molar-refractivity contribution is 5.85. The molecule has 1 saturated carbocycles. The Labute approximate surface area is 130 Å². The molecule has 2 atom stereocenters. The monoisotopic (exact) mass is 315 g/mol. The van der Waals surface area contributed by atoms with E-state index in [0.29, 0.717) is 23.2 Å². The number of aliphatic hydroxyl groups excluding tert-OH is 1. The zero-order chi connectivity index (χ0) is 14.1. The molecule has 3 rings (SSSR count). The SMILES string of the molecule is COc1cc([C@H](N)[C@H](O)C2CCCC2)cc2c1OCO2.Cl. The molecule has 118 valence electrons. The molecule has 6 heteroatoms. The van der Waals surface area contributed by atoms with Gasteiger partial charge in [0.05, 0.1) is 19.3 Å². The molecule has 0 spiro atoms. The van der Waals surface area contributed by atoms with Gasteiger partial charge in [-0.05, 0) is 36.5 Å². The predicted molar refractivity (Wildman–Crippen MR) is 81.3 cm³/mol. The van der Waals surface area contributed by atoms with Gasteiger partial charge < -0.3 is 25.1 Å². The highest BCUT2D eigenvalue weighted by Crippen LogP contribution is 2.44. The van der Waals surface area contributed by atoms with Gasteiger partial charge in [0.15, 0.2) is 11.5 Å². The van der Waals surface area contributed by atoms with Gasteiger partial charge in [0.1, 0.15) is 0 Å². The van der Waals surface area contributed by atoms with Crippen molar-refractivity contribution in [2.45, 2.75) is 37.8 Å². The second-order valence-corrected chi connectivity index (χ2v) is 5.52. The van der Waals surface area contributed by atoms with Crippen molar-refractivity contribution in [1.82, 2.24) is 0 Å². The normalized spacial score (nSPS) is 20.0. The second kappa shape index (κ2) is 6.73. The van der Waals surface area contributed by atoms with Crippen molar-refractivity contribution in [3.63, 3.8) is 0 Å². The summed E-state index contributed by atoms with van der Waals surface area (Å²) in [5.41, 5.74) is 7.06. The molecule has 1 fully saturated rings. The Morgan fingerprint density at radius 2 is 2.00 bits per heavy atom. The first kappa shape index (κ1) is 16.2. The molecule has 5 nitrogen and oxygen atoms in total. The molecule has 0 radical (unpaired) electrons. The summed E-state index contributed by atoms with van der Waals surface area (Å²) in [5, 5.41) is 10.4. The number of ether oxygens (including phenoxy) is 3. The first-order chi connectivity index (χ1) is 9.70. The molecular weight excluding hydrogens is 294 g/mol. The quantitative estimate of drug-likeness (QED) is 0.892. The van der Waals surface area contributed by atoms with Gasteiger partial charge in [-0.2, -0.15) is 0 Å². The van der Waals surface area contributed by atoms with Crippen molar-refractivity contribution in [2.24, 2.45) is 11.7 Å². The van der Waals surface area contributed by atoms with Gasteiger partial charge in [-0.15, -0.1) is 12.4 Å². The summed E-state index contributed by atoms with van der Waals surface area (Å²) in [4.78, 5) is 0. The maximum atomic E-state index is 10.4. The Balaban J connectivity index is 0.00000161. The number of hydrogen-bond donors (Lipinski definition) is 2. The molecule has 3 N–H and O–H groups in total. The lowest BCUT2D eigenvalue weighted by atomic mass is 9.90. The molecule has 0 aromatic heterocycles. The van der Waals surface area contributed by atoms with Crippen LogP contribution in [-0.2, 0) is 0 Å². The predicted octanol–water partition coefficient (Wildman–Crippen LogP) is 2.40. The van der Waals surface area contributed by atoms with Crippen LogP contribution >= 0.6 is 12.4 Å². The lowest BCUT2D eigenvalue weighted by Crippen LogP contribution is -2.31. The zero-order valence-corrected chi connectivity index (χ0v) is 12.9. The minimum absolute atomic E-state index is 0. The molecular formula is C15H22ClNO4. The fraction of sp³-hybridized carbons (Fsp3) is 0.600. The van der Waals surface area contributed by atoms with Crippen molar-refractivity contribution >= 4 is 12.4 Å². The summed E-state index contributed by atoms with van der Waals surface area (Å²) in [5.74, 6) is 2.14. The van der Waals surface area contributed by atoms with E-state index in [9.17, 15) is 5.11 Å². The number of methoxy groups -OCH3 is 1. The van der Waals surface area contributed by atoms with E-state index in [1.165, 1.54) is 12.8 Å². The van der Waals surface area contributed by atoms with Crippen LogP contribution < -0.4 is 19.9 Å². The number of aliphatic hydroxyl groups is 1. The van der Waals surface area contributed by atoms with Gasteiger partial charge in [0, 0.05) is 0 Å². The molecule has 0 unspecified atom stereocenters. The summed E-state index contributed by atoms with van der Waals surface area (Å²) in [6.45, 7) is 0.190. The average molecular weight is 316 g/mol. The number of benzene rings is 1. The summed E-state index contributed by atoms with van der Waals surface area (Å²) in [6, 6.07) is 3.24. The molecule has 2 aliphatic rings. The fourth-order valence-electron chi connectivity index (χ4n) is 3.13. The maximum absolute atomic E-state index is 10.4. The number of hydrogen-bond acceptors (Lipinski definition) is 5. The van der Waals surface area contributed by atoms with Crippen LogP contribution in [0.3, 0.4) is 0 Å². The standard InChI is InChI=1S/C15H21NO4.ClH/c1-18-11-6-10(7-12-15(11)20-8-19-12)13(16)14(17)9-4-2-3-5-9;/h6-7,9,13-14,17H,2-5,8,16H2,1H3;1H/t13-,14+;/m0./s1. The third-order valence-electron chi connectivity index (χ3n) is 4.32. The molecule has 0 amide bonds. The summed E-state index contributed by atoms with van der Waals surface area (Å²) >= 11 is 0. The minimum Gasteiger partial charge on any atom is -0.493 e. The van der Waals surface area contributed by atoms with Crippen molar-refractivity contribution in [3.05, 3.63) is 17.7 Å². The molecule has 1 heterocycles. The van der Waals surface area contributed by atoms with Gasteiger partial charge in [-0.25, -0.2) is 0 Å². The molecule has 1 aliphatic carbocycles. The number of nitrogens with two attached hydrogens (primary N) is 1. The first-order valence-corrected chi connectivity index (χ1v) is 7.12. The molecule has 0 saturated heterocycles. The van der Waals surface area contributed by atoms with E-state index in [2.05, 4.69) is 0 Å². The summed E-state index contributed by atoms with van der Waals surface area (Å²) in [7, 11) is 1.58. The summed E-state index contributed by atoms with van der Waals surface area (Å²) in [6.07, 6.45) is 3.94. The third kappa shape index (κ3) is 3.05. The molecule has 0 bridgehead atoms. The highest BCUT2D eigenvalue weighted by Gasteiger charge is 2.30. The van der Waals surface area contributed by atoms with Crippen LogP contribution in [0.15, 0.2) is 12.1 Å². The van der Waals surface area contributed by atoms with Crippen LogP contribution in [0.5, 0.6) is 17.2 Å². The molecule has 1 aliphatic heterocycles. The number of rotatable bonds is 4. The smallest absolute Gasteiger partial charge is 0.231 e. The summed E-state index contributed by atoms with van der Waals surface area (Å²) < 4.78 is 16.1. The first-order valence-electron chi connectivity index (χ1n) is 7.12. The van der Waals surface area contributed by atoms with Crippen LogP contribution in [0.1, 0.15) is 37.3 Å². The molecule has 1 aromatic rings. The van der Waals surface area contributed by atoms with Gasteiger partial charge in [0.25, 0.3) is 0 Å². The number of halogens is 1. The second-order valence-electron chi connectivity index (χ2n) is 5.52. The lowest BCUT2D eigenvalue weighted by molar-refractivity contribution is 0.0844. The van der Waals surface area contributed by atoms with Gasteiger partial charge in [0.2, 0.25) is 12.5 Å². The van der Waals surface area contributed by atoms with E-state index in [0.717, 1.165) is 18.4 Å². The Morgan fingerprint density at radius 1 is 1.29 bits per heavy atom. The zero-order valence-electron chi connectivity index (χ0n) is 12.1. The minimum atomic E-state index is -0.525. The molecule has 1 aromatic carbocycles.